The average molecular weight is 255 g/mol. The Kier molecular flexibility index (Phi) is 2.62. The maximum absolute atomic E-state index is 4.51. The van der Waals surface area contributed by atoms with E-state index in [0.717, 1.165) is 4.60 Å². The summed E-state index contributed by atoms with van der Waals surface area (Å²) in [4.78, 5) is 4.51. The van der Waals surface area contributed by atoms with Crippen molar-refractivity contribution in [2.45, 2.75) is 38.3 Å². The quantitative estimate of drug-likeness (QED) is 0.840. The SMILES string of the molecule is CC(C)NC1(c2cccc(Br)n2)CC1. The molecule has 1 aromatic heterocycles. The lowest BCUT2D eigenvalue weighted by Crippen LogP contribution is -2.35. The summed E-state index contributed by atoms with van der Waals surface area (Å²) in [6.07, 6.45) is 2.41. The van der Waals surface area contributed by atoms with Crippen LogP contribution in [0.1, 0.15) is 32.4 Å². The first-order chi connectivity index (χ1) is 6.62. The molecule has 0 amide bonds. The van der Waals surface area contributed by atoms with Crippen LogP contribution in [0.5, 0.6) is 0 Å². The summed E-state index contributed by atoms with van der Waals surface area (Å²) in [5.41, 5.74) is 1.33. The topological polar surface area (TPSA) is 24.9 Å². The highest BCUT2D eigenvalue weighted by molar-refractivity contribution is 9.10. The van der Waals surface area contributed by atoms with E-state index >= 15 is 0 Å². The molecule has 0 aromatic carbocycles. The smallest absolute Gasteiger partial charge is 0.106 e. The molecule has 1 aliphatic rings. The molecule has 0 aliphatic heterocycles. The number of hydrogen-bond donors (Lipinski definition) is 1. The third kappa shape index (κ3) is 1.98. The molecule has 1 N–H and O–H groups in total. The second-order valence-electron chi connectivity index (χ2n) is 4.23. The Morgan fingerprint density at radius 2 is 2.14 bits per heavy atom. The van der Waals surface area contributed by atoms with Crippen molar-refractivity contribution < 1.29 is 0 Å². The van der Waals surface area contributed by atoms with Gasteiger partial charge < -0.3 is 5.32 Å². The van der Waals surface area contributed by atoms with Crippen molar-refractivity contribution in [1.82, 2.24) is 10.3 Å². The average Bonchev–Trinajstić information content (AvgIpc) is 2.84. The molecule has 0 radical (unpaired) electrons. The maximum Gasteiger partial charge on any atom is 0.106 e. The van der Waals surface area contributed by atoms with E-state index in [1.165, 1.54) is 18.5 Å². The molecule has 2 nitrogen and oxygen atoms in total. The van der Waals surface area contributed by atoms with Gasteiger partial charge in [-0.05, 0) is 54.8 Å². The van der Waals surface area contributed by atoms with Crippen LogP contribution in [0.2, 0.25) is 0 Å². The molecular weight excluding hydrogens is 240 g/mol. The predicted molar refractivity (Wildman–Crippen MR) is 61.1 cm³/mol. The van der Waals surface area contributed by atoms with Crippen LogP contribution >= 0.6 is 15.9 Å². The molecule has 3 heteroatoms. The van der Waals surface area contributed by atoms with E-state index in [1.54, 1.807) is 0 Å². The number of halogens is 1. The Bertz CT molecular complexity index is 332. The lowest BCUT2D eigenvalue weighted by atomic mass is 10.1. The molecule has 2 rings (SSSR count). The number of pyridine rings is 1. The van der Waals surface area contributed by atoms with Gasteiger partial charge in [0.05, 0.1) is 11.2 Å². The molecule has 0 saturated heterocycles. The van der Waals surface area contributed by atoms with Crippen LogP contribution in [0.25, 0.3) is 0 Å². The fourth-order valence-electron chi connectivity index (χ4n) is 1.83. The van der Waals surface area contributed by atoms with Crippen molar-refractivity contribution in [2.75, 3.05) is 0 Å². The zero-order valence-electron chi connectivity index (χ0n) is 8.55. The van der Waals surface area contributed by atoms with Crippen LogP contribution in [0.3, 0.4) is 0 Å². The van der Waals surface area contributed by atoms with Crippen LogP contribution in [0, 0.1) is 0 Å². The monoisotopic (exact) mass is 254 g/mol. The van der Waals surface area contributed by atoms with Gasteiger partial charge in [-0.25, -0.2) is 4.98 Å². The van der Waals surface area contributed by atoms with Gasteiger partial charge in [-0.3, -0.25) is 0 Å². The third-order valence-corrected chi connectivity index (χ3v) is 2.96. The summed E-state index contributed by atoms with van der Waals surface area (Å²) in [5.74, 6) is 0. The lowest BCUT2D eigenvalue weighted by Gasteiger charge is -2.19. The van der Waals surface area contributed by atoms with Crippen LogP contribution in [0.15, 0.2) is 22.8 Å². The van der Waals surface area contributed by atoms with E-state index < -0.39 is 0 Å². The highest BCUT2D eigenvalue weighted by Gasteiger charge is 2.45. The highest BCUT2D eigenvalue weighted by Crippen LogP contribution is 2.45. The molecule has 0 spiro atoms. The normalized spacial score (nSPS) is 18.6. The molecule has 1 saturated carbocycles. The van der Waals surface area contributed by atoms with E-state index in [0.29, 0.717) is 6.04 Å². The Hall–Kier alpha value is -0.410. The molecule has 1 fully saturated rings. The van der Waals surface area contributed by atoms with Crippen molar-refractivity contribution in [1.29, 1.82) is 0 Å². The van der Waals surface area contributed by atoms with Gasteiger partial charge >= 0.3 is 0 Å². The van der Waals surface area contributed by atoms with Gasteiger partial charge in [0.2, 0.25) is 0 Å². The van der Waals surface area contributed by atoms with E-state index in [2.05, 4.69) is 52.2 Å². The van der Waals surface area contributed by atoms with Crippen molar-refractivity contribution in [3.8, 4) is 0 Å². The summed E-state index contributed by atoms with van der Waals surface area (Å²) in [7, 11) is 0. The number of nitrogens with zero attached hydrogens (tertiary/aromatic N) is 1. The summed E-state index contributed by atoms with van der Waals surface area (Å²) in [6.45, 7) is 4.36. The molecule has 0 bridgehead atoms. The maximum atomic E-state index is 4.51. The van der Waals surface area contributed by atoms with Crippen LogP contribution in [-0.2, 0) is 5.54 Å². The van der Waals surface area contributed by atoms with Gasteiger partial charge in [0, 0.05) is 6.04 Å². The second-order valence-corrected chi connectivity index (χ2v) is 5.04. The molecule has 14 heavy (non-hydrogen) atoms. The number of aromatic nitrogens is 1. The van der Waals surface area contributed by atoms with Gasteiger partial charge in [0.25, 0.3) is 0 Å². The number of rotatable bonds is 3. The molecule has 76 valence electrons. The van der Waals surface area contributed by atoms with Crippen molar-refractivity contribution in [3.05, 3.63) is 28.5 Å². The lowest BCUT2D eigenvalue weighted by molar-refractivity contribution is 0.451. The molecule has 0 unspecified atom stereocenters. The van der Waals surface area contributed by atoms with Gasteiger partial charge in [-0.15, -0.1) is 0 Å². The Labute approximate surface area is 93.3 Å². The Morgan fingerprint density at radius 3 is 2.64 bits per heavy atom. The van der Waals surface area contributed by atoms with E-state index in [1.807, 2.05) is 6.07 Å². The van der Waals surface area contributed by atoms with Gasteiger partial charge in [-0.2, -0.15) is 0 Å². The minimum atomic E-state index is 0.165. The minimum Gasteiger partial charge on any atom is -0.304 e. The Morgan fingerprint density at radius 1 is 1.43 bits per heavy atom. The molecule has 1 aliphatic carbocycles. The fraction of sp³-hybridized carbons (Fsp3) is 0.545. The van der Waals surface area contributed by atoms with Crippen LogP contribution in [0.4, 0.5) is 0 Å². The summed E-state index contributed by atoms with van der Waals surface area (Å²) in [5, 5.41) is 3.59. The van der Waals surface area contributed by atoms with Crippen molar-refractivity contribution >= 4 is 15.9 Å². The van der Waals surface area contributed by atoms with E-state index in [9.17, 15) is 0 Å². The largest absolute Gasteiger partial charge is 0.304 e. The van der Waals surface area contributed by atoms with Gasteiger partial charge in [0.15, 0.2) is 0 Å². The van der Waals surface area contributed by atoms with Crippen molar-refractivity contribution in [2.24, 2.45) is 0 Å². The number of hydrogen-bond acceptors (Lipinski definition) is 2. The second kappa shape index (κ2) is 3.63. The highest BCUT2D eigenvalue weighted by atomic mass is 79.9. The summed E-state index contributed by atoms with van der Waals surface area (Å²) >= 11 is 3.41. The van der Waals surface area contributed by atoms with Gasteiger partial charge in [0.1, 0.15) is 4.60 Å². The summed E-state index contributed by atoms with van der Waals surface area (Å²) in [6, 6.07) is 6.63. The predicted octanol–water partition coefficient (Wildman–Crippen LogP) is 2.83. The standard InChI is InChI=1S/C11H15BrN2/c1-8(2)14-11(6-7-11)9-4-3-5-10(12)13-9/h3-5,8,14H,6-7H2,1-2H3. The van der Waals surface area contributed by atoms with Crippen LogP contribution < -0.4 is 5.32 Å². The molecule has 1 aromatic rings. The van der Waals surface area contributed by atoms with E-state index in [4.69, 9.17) is 0 Å². The minimum absolute atomic E-state index is 0.165. The number of nitrogens with one attached hydrogen (secondary N) is 1. The zero-order chi connectivity index (χ0) is 10.2. The summed E-state index contributed by atoms with van der Waals surface area (Å²) < 4.78 is 0.923. The van der Waals surface area contributed by atoms with Gasteiger partial charge in [-0.1, -0.05) is 6.07 Å². The molecule has 0 atom stereocenters. The third-order valence-electron chi connectivity index (χ3n) is 2.52. The zero-order valence-corrected chi connectivity index (χ0v) is 10.1. The first-order valence-corrected chi connectivity index (χ1v) is 5.82. The first kappa shape index (κ1) is 10.1. The molecular formula is C11H15BrN2. The Balaban J connectivity index is 2.22. The molecule has 1 heterocycles. The van der Waals surface area contributed by atoms with Crippen molar-refractivity contribution in [3.63, 3.8) is 0 Å². The van der Waals surface area contributed by atoms with E-state index in [-0.39, 0.29) is 5.54 Å². The first-order valence-electron chi connectivity index (χ1n) is 5.03. The van der Waals surface area contributed by atoms with Crippen LogP contribution in [-0.4, -0.2) is 11.0 Å². The fourth-order valence-corrected chi connectivity index (χ4v) is 2.17.